The van der Waals surface area contributed by atoms with Crippen LogP contribution >= 0.6 is 11.6 Å². The summed E-state index contributed by atoms with van der Waals surface area (Å²) >= 11 is 6.20. The number of halogens is 1. The molecule has 1 atom stereocenters. The van der Waals surface area contributed by atoms with Gasteiger partial charge in [0.25, 0.3) is 0 Å². The van der Waals surface area contributed by atoms with E-state index >= 15 is 0 Å². The van der Waals surface area contributed by atoms with E-state index in [1.807, 2.05) is 36.4 Å². The minimum atomic E-state index is -0.511. The second-order valence-electron chi connectivity index (χ2n) is 7.09. The van der Waals surface area contributed by atoms with E-state index in [0.717, 1.165) is 37.2 Å². The second kappa shape index (κ2) is 7.61. The van der Waals surface area contributed by atoms with Crippen LogP contribution in [0.2, 0.25) is 5.02 Å². The van der Waals surface area contributed by atoms with Gasteiger partial charge in [-0.25, -0.2) is 0 Å². The van der Waals surface area contributed by atoms with Crippen LogP contribution in [0.1, 0.15) is 37.2 Å². The van der Waals surface area contributed by atoms with Crippen molar-refractivity contribution in [3.05, 3.63) is 53.1 Å². The molecular formula is C21H22ClN3O2. The zero-order chi connectivity index (χ0) is 18.8. The molecule has 1 fully saturated rings. The number of fused-ring (bicyclic) bond motifs is 1. The van der Waals surface area contributed by atoms with Crippen molar-refractivity contribution < 1.29 is 9.59 Å². The first-order chi connectivity index (χ1) is 13.1. The number of hydrogen-bond acceptors (Lipinski definition) is 3. The van der Waals surface area contributed by atoms with Gasteiger partial charge in [-0.3, -0.25) is 9.59 Å². The summed E-state index contributed by atoms with van der Waals surface area (Å²) < 4.78 is 0. The van der Waals surface area contributed by atoms with Crippen LogP contribution in [0, 0.1) is 0 Å². The molecule has 2 heterocycles. The average Bonchev–Trinajstić information content (AvgIpc) is 2.68. The number of nitrogens with one attached hydrogen (secondary N) is 2. The molecule has 0 aromatic heterocycles. The number of anilines is 3. The highest BCUT2D eigenvalue weighted by molar-refractivity contribution is 6.31. The van der Waals surface area contributed by atoms with Crippen molar-refractivity contribution in [1.82, 2.24) is 0 Å². The highest BCUT2D eigenvalue weighted by atomic mass is 35.5. The molecule has 140 valence electrons. The summed E-state index contributed by atoms with van der Waals surface area (Å²) in [7, 11) is 0. The third-order valence-corrected chi connectivity index (χ3v) is 5.46. The van der Waals surface area contributed by atoms with Gasteiger partial charge in [0.1, 0.15) is 0 Å². The summed E-state index contributed by atoms with van der Waals surface area (Å²) in [5.74, 6) is -0.836. The lowest BCUT2D eigenvalue weighted by atomic mass is 9.89. The zero-order valence-electron chi connectivity index (χ0n) is 15.0. The number of hydrogen-bond donors (Lipinski definition) is 2. The van der Waals surface area contributed by atoms with Gasteiger partial charge >= 0.3 is 0 Å². The zero-order valence-corrected chi connectivity index (χ0v) is 15.8. The lowest BCUT2D eigenvalue weighted by molar-refractivity contribution is -0.123. The van der Waals surface area contributed by atoms with Crippen molar-refractivity contribution >= 4 is 40.5 Å². The quantitative estimate of drug-likeness (QED) is 0.826. The van der Waals surface area contributed by atoms with Crippen LogP contribution in [-0.2, 0) is 9.59 Å². The number of piperidine rings is 1. The summed E-state index contributed by atoms with van der Waals surface area (Å²) in [6.45, 7) is 1.94. The van der Waals surface area contributed by atoms with Crippen molar-refractivity contribution in [3.8, 4) is 0 Å². The van der Waals surface area contributed by atoms with Crippen LogP contribution < -0.4 is 15.5 Å². The predicted octanol–water partition coefficient (Wildman–Crippen LogP) is 4.39. The molecular weight excluding hydrogens is 362 g/mol. The Labute approximate surface area is 163 Å². The van der Waals surface area contributed by atoms with Crippen LogP contribution in [0.3, 0.4) is 0 Å². The monoisotopic (exact) mass is 383 g/mol. The summed E-state index contributed by atoms with van der Waals surface area (Å²) in [5.41, 5.74) is 3.24. The largest absolute Gasteiger partial charge is 0.370 e. The van der Waals surface area contributed by atoms with Gasteiger partial charge in [-0.05, 0) is 49.1 Å². The van der Waals surface area contributed by atoms with E-state index in [4.69, 9.17) is 11.6 Å². The number of para-hydroxylation sites is 1. The van der Waals surface area contributed by atoms with Crippen molar-refractivity contribution in [2.45, 2.75) is 31.6 Å². The molecule has 2 amide bonds. The fourth-order valence-corrected chi connectivity index (χ4v) is 4.06. The molecule has 27 heavy (non-hydrogen) atoms. The number of amides is 2. The number of rotatable bonds is 3. The Morgan fingerprint density at radius 1 is 1.11 bits per heavy atom. The number of nitrogens with zero attached hydrogens (tertiary/aromatic N) is 1. The Morgan fingerprint density at radius 2 is 1.89 bits per heavy atom. The summed E-state index contributed by atoms with van der Waals surface area (Å²) in [4.78, 5) is 27.4. The molecule has 0 spiro atoms. The maximum absolute atomic E-state index is 13.1. The van der Waals surface area contributed by atoms with Gasteiger partial charge in [0.15, 0.2) is 0 Å². The van der Waals surface area contributed by atoms with Gasteiger partial charge in [0.05, 0.1) is 17.3 Å². The van der Waals surface area contributed by atoms with Crippen LogP contribution in [0.5, 0.6) is 0 Å². The molecule has 1 saturated heterocycles. The molecule has 2 N–H and O–H groups in total. The molecule has 2 aliphatic heterocycles. The Morgan fingerprint density at radius 3 is 2.70 bits per heavy atom. The van der Waals surface area contributed by atoms with Gasteiger partial charge in [-0.1, -0.05) is 29.8 Å². The van der Waals surface area contributed by atoms with E-state index in [9.17, 15) is 9.59 Å². The van der Waals surface area contributed by atoms with Gasteiger partial charge in [0, 0.05) is 30.2 Å². The summed E-state index contributed by atoms with van der Waals surface area (Å²) in [6.07, 6.45) is 3.67. The van der Waals surface area contributed by atoms with Gasteiger partial charge < -0.3 is 15.5 Å². The van der Waals surface area contributed by atoms with Gasteiger partial charge in [0.2, 0.25) is 11.8 Å². The fourth-order valence-electron chi connectivity index (χ4n) is 3.88. The smallest absolute Gasteiger partial charge is 0.232 e. The van der Waals surface area contributed by atoms with E-state index in [1.165, 1.54) is 6.42 Å². The molecule has 2 aromatic rings. The Kier molecular flexibility index (Phi) is 5.03. The first-order valence-corrected chi connectivity index (χ1v) is 9.74. The van der Waals surface area contributed by atoms with Gasteiger partial charge in [-0.15, -0.1) is 0 Å². The lowest BCUT2D eigenvalue weighted by Gasteiger charge is -2.31. The minimum Gasteiger partial charge on any atom is -0.370 e. The molecule has 0 radical (unpaired) electrons. The highest BCUT2D eigenvalue weighted by Crippen LogP contribution is 2.35. The molecule has 0 bridgehead atoms. The Hall–Kier alpha value is -2.53. The molecule has 0 aliphatic carbocycles. The van der Waals surface area contributed by atoms with E-state index in [2.05, 4.69) is 15.5 Å². The molecule has 2 aromatic carbocycles. The average molecular weight is 384 g/mol. The molecule has 5 nitrogen and oxygen atoms in total. The van der Waals surface area contributed by atoms with Crippen molar-refractivity contribution in [2.24, 2.45) is 0 Å². The third-order valence-electron chi connectivity index (χ3n) is 5.23. The lowest BCUT2D eigenvalue weighted by Crippen LogP contribution is -2.33. The van der Waals surface area contributed by atoms with Crippen LogP contribution in [-0.4, -0.2) is 24.9 Å². The molecule has 0 saturated carbocycles. The molecule has 1 unspecified atom stereocenters. The van der Waals surface area contributed by atoms with E-state index < -0.39 is 5.92 Å². The Balaban J connectivity index is 1.62. The number of benzene rings is 2. The van der Waals surface area contributed by atoms with Crippen LogP contribution in [0.15, 0.2) is 42.5 Å². The first kappa shape index (κ1) is 17.9. The molecule has 2 aliphatic rings. The Bertz CT molecular complexity index is 877. The summed E-state index contributed by atoms with van der Waals surface area (Å²) in [5, 5.41) is 6.44. The van der Waals surface area contributed by atoms with E-state index in [-0.39, 0.29) is 18.2 Å². The maximum atomic E-state index is 13.1. The van der Waals surface area contributed by atoms with Crippen molar-refractivity contribution in [2.75, 3.05) is 28.6 Å². The normalized spacial score (nSPS) is 19.2. The standard InChI is InChI=1S/C21H22ClN3O2/c22-14-8-9-19(25-10-4-1-5-11-25)18(12-14)24-21(27)16-13-20(26)23-17-7-3-2-6-15(16)17/h2-3,6-9,12,16H,1,4-5,10-11,13H2,(H,23,26)(H,24,27). The predicted molar refractivity (Wildman–Crippen MR) is 109 cm³/mol. The first-order valence-electron chi connectivity index (χ1n) is 9.36. The fraction of sp³-hybridized carbons (Fsp3) is 0.333. The highest BCUT2D eigenvalue weighted by Gasteiger charge is 2.31. The second-order valence-corrected chi connectivity index (χ2v) is 7.53. The molecule has 6 heteroatoms. The van der Waals surface area contributed by atoms with Crippen molar-refractivity contribution in [3.63, 3.8) is 0 Å². The van der Waals surface area contributed by atoms with E-state index in [1.54, 1.807) is 6.07 Å². The van der Waals surface area contributed by atoms with Crippen LogP contribution in [0.4, 0.5) is 17.1 Å². The topological polar surface area (TPSA) is 61.4 Å². The number of carbonyl (C=O) groups is 2. The van der Waals surface area contributed by atoms with E-state index in [0.29, 0.717) is 16.4 Å². The SMILES string of the molecule is O=C1CC(C(=O)Nc2cc(Cl)ccc2N2CCCCC2)c2ccccc2N1. The maximum Gasteiger partial charge on any atom is 0.232 e. The van der Waals surface area contributed by atoms with Crippen molar-refractivity contribution in [1.29, 1.82) is 0 Å². The molecule has 4 rings (SSSR count). The third kappa shape index (κ3) is 3.78. The number of carbonyl (C=O) groups excluding carboxylic acids is 2. The minimum absolute atomic E-state index is 0.141. The van der Waals surface area contributed by atoms with Gasteiger partial charge in [-0.2, -0.15) is 0 Å². The summed E-state index contributed by atoms with van der Waals surface area (Å²) in [6, 6.07) is 13.1. The van der Waals surface area contributed by atoms with Crippen LogP contribution in [0.25, 0.3) is 0 Å².